The predicted octanol–water partition coefficient (Wildman–Crippen LogP) is 4.24. The van der Waals surface area contributed by atoms with E-state index in [9.17, 15) is 9.59 Å². The Hall–Kier alpha value is -2.38. The molecule has 0 aliphatic heterocycles. The maximum absolute atomic E-state index is 13.2. The van der Waals surface area contributed by atoms with Crippen molar-refractivity contribution in [3.05, 3.63) is 58.2 Å². The van der Waals surface area contributed by atoms with Gasteiger partial charge in [0, 0.05) is 24.0 Å². The lowest BCUT2D eigenvalue weighted by molar-refractivity contribution is -0.118. The molecule has 0 fully saturated rings. The molecule has 0 spiro atoms. The Bertz CT molecular complexity index is 1050. The minimum atomic E-state index is -0.0989. The first-order chi connectivity index (χ1) is 13.5. The Balaban J connectivity index is 2.01. The summed E-state index contributed by atoms with van der Waals surface area (Å²) in [5.41, 5.74) is 2.97. The van der Waals surface area contributed by atoms with Crippen LogP contribution in [0.25, 0.3) is 21.3 Å². The van der Waals surface area contributed by atoms with E-state index >= 15 is 0 Å². The van der Waals surface area contributed by atoms with Crippen LogP contribution in [-0.2, 0) is 11.3 Å². The van der Waals surface area contributed by atoms with Gasteiger partial charge in [-0.3, -0.25) is 14.2 Å². The van der Waals surface area contributed by atoms with Gasteiger partial charge < -0.3 is 5.32 Å². The number of carbonyl (C=O) groups excluding carboxylic acids is 1. The fourth-order valence-corrected chi connectivity index (χ4v) is 4.62. The number of fused-ring (bicyclic) bond motifs is 1. The molecule has 146 valence electrons. The largest absolute Gasteiger partial charge is 0.355 e. The van der Waals surface area contributed by atoms with E-state index in [0.717, 1.165) is 17.5 Å². The summed E-state index contributed by atoms with van der Waals surface area (Å²) in [6, 6.07) is 8.12. The average Bonchev–Trinajstić information content (AvgIpc) is 3.12. The van der Waals surface area contributed by atoms with Crippen molar-refractivity contribution in [2.45, 2.75) is 32.0 Å². The molecule has 0 saturated carbocycles. The summed E-state index contributed by atoms with van der Waals surface area (Å²) in [5, 5.41) is 5.98. The minimum absolute atomic E-state index is 0.0575. The van der Waals surface area contributed by atoms with E-state index in [0.29, 0.717) is 28.5 Å². The van der Waals surface area contributed by atoms with Crippen LogP contribution in [0.4, 0.5) is 0 Å². The number of benzene rings is 1. The van der Waals surface area contributed by atoms with E-state index in [1.807, 2.05) is 43.5 Å². The van der Waals surface area contributed by atoms with Crippen LogP contribution in [0.3, 0.4) is 0 Å². The Morgan fingerprint density at radius 3 is 2.79 bits per heavy atom. The molecule has 0 atom stereocenters. The quantitative estimate of drug-likeness (QED) is 0.341. The molecule has 5 nitrogen and oxygen atoms in total. The van der Waals surface area contributed by atoms with Gasteiger partial charge in [-0.15, -0.1) is 17.9 Å². The molecule has 28 heavy (non-hydrogen) atoms. The first-order valence-electron chi connectivity index (χ1n) is 9.14. The number of nitrogens with zero attached hydrogens (tertiary/aromatic N) is 2. The van der Waals surface area contributed by atoms with E-state index in [2.05, 4.69) is 16.9 Å². The molecule has 3 aromatic rings. The number of amides is 1. The van der Waals surface area contributed by atoms with Gasteiger partial charge in [0.2, 0.25) is 5.91 Å². The topological polar surface area (TPSA) is 64.0 Å². The van der Waals surface area contributed by atoms with Gasteiger partial charge in [-0.1, -0.05) is 54.6 Å². The highest BCUT2D eigenvalue weighted by atomic mass is 32.2. The second kappa shape index (κ2) is 9.21. The van der Waals surface area contributed by atoms with Crippen molar-refractivity contribution in [3.63, 3.8) is 0 Å². The number of hydrogen-bond donors (Lipinski definition) is 1. The molecule has 1 aromatic carbocycles. The monoisotopic (exact) mass is 413 g/mol. The van der Waals surface area contributed by atoms with Crippen LogP contribution >= 0.6 is 23.1 Å². The highest BCUT2D eigenvalue weighted by Gasteiger charge is 2.17. The van der Waals surface area contributed by atoms with Crippen molar-refractivity contribution in [1.82, 2.24) is 14.9 Å². The SMILES string of the molecule is C=CCn1c(SCC(=O)NCCC)nc2scc(-c3ccc(C)cc3)c2c1=O. The van der Waals surface area contributed by atoms with Crippen LogP contribution in [0.15, 0.2) is 52.3 Å². The lowest BCUT2D eigenvalue weighted by Gasteiger charge is -2.11. The fraction of sp³-hybridized carbons (Fsp3) is 0.286. The Labute approximate surface area is 172 Å². The number of aryl methyl sites for hydroxylation is 1. The van der Waals surface area contributed by atoms with E-state index in [-0.39, 0.29) is 17.2 Å². The molecule has 2 heterocycles. The maximum atomic E-state index is 13.2. The van der Waals surface area contributed by atoms with Gasteiger partial charge in [-0.05, 0) is 18.9 Å². The van der Waals surface area contributed by atoms with Gasteiger partial charge in [-0.25, -0.2) is 4.98 Å². The molecule has 0 saturated heterocycles. The predicted molar refractivity (Wildman–Crippen MR) is 118 cm³/mol. The van der Waals surface area contributed by atoms with Crippen molar-refractivity contribution < 1.29 is 4.79 Å². The first-order valence-corrected chi connectivity index (χ1v) is 11.0. The number of aromatic nitrogens is 2. The summed E-state index contributed by atoms with van der Waals surface area (Å²) in [4.78, 5) is 30.6. The molecule has 0 radical (unpaired) electrons. The van der Waals surface area contributed by atoms with Crippen molar-refractivity contribution in [1.29, 1.82) is 0 Å². The van der Waals surface area contributed by atoms with Crippen molar-refractivity contribution in [3.8, 4) is 11.1 Å². The minimum Gasteiger partial charge on any atom is -0.355 e. The van der Waals surface area contributed by atoms with E-state index in [4.69, 9.17) is 0 Å². The standard InChI is InChI=1S/C21H23N3O2S2/c1-4-10-22-17(25)13-28-21-23-19-18(20(26)24(21)11-5-2)16(12-27-19)15-8-6-14(3)7-9-15/h5-9,12H,2,4,10-11,13H2,1,3H3,(H,22,25). The summed E-state index contributed by atoms with van der Waals surface area (Å²) >= 11 is 2.73. The molecule has 2 aromatic heterocycles. The molecule has 0 aliphatic rings. The Morgan fingerprint density at radius 1 is 1.36 bits per heavy atom. The average molecular weight is 414 g/mol. The lowest BCUT2D eigenvalue weighted by atomic mass is 10.1. The number of carbonyl (C=O) groups is 1. The zero-order valence-electron chi connectivity index (χ0n) is 16.0. The molecule has 0 bridgehead atoms. The van der Waals surface area contributed by atoms with Crippen molar-refractivity contribution >= 4 is 39.2 Å². The maximum Gasteiger partial charge on any atom is 0.263 e. The van der Waals surface area contributed by atoms with Crippen LogP contribution in [0.5, 0.6) is 0 Å². The number of thiophene rings is 1. The number of rotatable bonds is 8. The van der Waals surface area contributed by atoms with E-state index < -0.39 is 0 Å². The third kappa shape index (κ3) is 4.36. The summed E-state index contributed by atoms with van der Waals surface area (Å²) < 4.78 is 1.59. The van der Waals surface area contributed by atoms with Crippen molar-refractivity contribution in [2.24, 2.45) is 0 Å². The fourth-order valence-electron chi connectivity index (χ4n) is 2.80. The highest BCUT2D eigenvalue weighted by molar-refractivity contribution is 7.99. The van der Waals surface area contributed by atoms with Gasteiger partial charge in [-0.2, -0.15) is 0 Å². The van der Waals surface area contributed by atoms with Crippen LogP contribution < -0.4 is 10.9 Å². The summed E-state index contributed by atoms with van der Waals surface area (Å²) in [5.74, 6) is 0.170. The van der Waals surface area contributed by atoms with Crippen molar-refractivity contribution in [2.75, 3.05) is 12.3 Å². The summed E-state index contributed by atoms with van der Waals surface area (Å²) in [7, 11) is 0. The summed E-state index contributed by atoms with van der Waals surface area (Å²) in [6.07, 6.45) is 2.56. The zero-order valence-corrected chi connectivity index (χ0v) is 17.7. The van der Waals surface area contributed by atoms with Gasteiger partial charge >= 0.3 is 0 Å². The molecule has 3 rings (SSSR count). The molecular formula is C21H23N3O2S2. The third-order valence-corrected chi connectivity index (χ3v) is 6.09. The van der Waals surface area contributed by atoms with Gasteiger partial charge in [0.25, 0.3) is 5.56 Å². The second-order valence-electron chi connectivity index (χ2n) is 6.43. The first kappa shape index (κ1) is 20.4. The molecule has 1 N–H and O–H groups in total. The lowest BCUT2D eigenvalue weighted by Crippen LogP contribution is -2.27. The van der Waals surface area contributed by atoms with Gasteiger partial charge in [0.15, 0.2) is 5.16 Å². The normalized spacial score (nSPS) is 10.9. The van der Waals surface area contributed by atoms with Crippen LogP contribution in [0.2, 0.25) is 0 Å². The second-order valence-corrected chi connectivity index (χ2v) is 8.23. The highest BCUT2D eigenvalue weighted by Crippen LogP contribution is 2.32. The molecular weight excluding hydrogens is 390 g/mol. The third-order valence-electron chi connectivity index (χ3n) is 4.24. The van der Waals surface area contributed by atoms with Crippen LogP contribution in [0.1, 0.15) is 18.9 Å². The number of nitrogens with one attached hydrogen (secondary N) is 1. The molecule has 0 unspecified atom stereocenters. The van der Waals surface area contributed by atoms with E-state index in [1.54, 1.807) is 10.6 Å². The zero-order chi connectivity index (χ0) is 20.1. The van der Waals surface area contributed by atoms with Gasteiger partial charge in [0.05, 0.1) is 11.1 Å². The Kier molecular flexibility index (Phi) is 6.70. The number of allylic oxidation sites excluding steroid dienone is 1. The summed E-state index contributed by atoms with van der Waals surface area (Å²) in [6.45, 7) is 8.80. The van der Waals surface area contributed by atoms with Crippen LogP contribution in [0, 0.1) is 6.92 Å². The number of thioether (sulfide) groups is 1. The number of hydrogen-bond acceptors (Lipinski definition) is 5. The van der Waals surface area contributed by atoms with Gasteiger partial charge in [0.1, 0.15) is 4.83 Å². The van der Waals surface area contributed by atoms with E-state index in [1.165, 1.54) is 28.7 Å². The van der Waals surface area contributed by atoms with Crippen LogP contribution in [-0.4, -0.2) is 27.8 Å². The molecule has 1 amide bonds. The molecule has 7 heteroatoms. The Morgan fingerprint density at radius 2 is 2.11 bits per heavy atom. The molecule has 0 aliphatic carbocycles. The smallest absolute Gasteiger partial charge is 0.263 e.